The van der Waals surface area contributed by atoms with Crippen LogP contribution in [-0.4, -0.2) is 48.6 Å². The van der Waals surface area contributed by atoms with Crippen molar-refractivity contribution >= 4 is 17.4 Å². The number of rotatable bonds is 6. The first-order valence-electron chi connectivity index (χ1n) is 7.21. The fraction of sp³-hybridized carbons (Fsp3) is 0.562. The van der Waals surface area contributed by atoms with Crippen molar-refractivity contribution in [2.45, 2.75) is 31.3 Å². The third-order valence-corrected chi connectivity index (χ3v) is 4.28. The van der Waals surface area contributed by atoms with Crippen LogP contribution in [0.5, 0.6) is 5.75 Å². The monoisotopic (exact) mass is 311 g/mol. The third kappa shape index (κ3) is 4.19. The first-order chi connectivity index (χ1) is 9.93. The summed E-state index contributed by atoms with van der Waals surface area (Å²) in [5.41, 5.74) is -0.0712. The molecule has 1 aliphatic rings. The summed E-state index contributed by atoms with van der Waals surface area (Å²) in [4.78, 5) is 14.1. The van der Waals surface area contributed by atoms with Crippen LogP contribution in [0.4, 0.5) is 0 Å². The molecular formula is C16H22ClNO3. The molecule has 0 unspecified atom stereocenters. The number of hydrogen-bond acceptors (Lipinski definition) is 4. The quantitative estimate of drug-likeness (QED) is 0.821. The van der Waals surface area contributed by atoms with Gasteiger partial charge in [0.2, 0.25) is 0 Å². The third-order valence-electron chi connectivity index (χ3n) is 3.99. The van der Waals surface area contributed by atoms with Crippen molar-refractivity contribution in [1.82, 2.24) is 4.90 Å². The summed E-state index contributed by atoms with van der Waals surface area (Å²) >= 11 is 6.04. The number of likely N-dealkylation sites (N-methyl/N-ethyl adjacent to an activating group) is 1. The lowest BCUT2D eigenvalue weighted by Crippen LogP contribution is -2.41. The topological polar surface area (TPSA) is 49.8 Å². The second kappa shape index (κ2) is 6.77. The maximum Gasteiger partial charge on any atom is 0.176 e. The Bertz CT molecular complexity index is 512. The van der Waals surface area contributed by atoms with Crippen molar-refractivity contribution in [3.05, 3.63) is 28.8 Å². The molecule has 0 aromatic heterocycles. The molecule has 1 aliphatic carbocycles. The summed E-state index contributed by atoms with van der Waals surface area (Å²) in [7, 11) is 3.40. The first kappa shape index (κ1) is 16.3. The molecule has 1 N–H and O–H groups in total. The van der Waals surface area contributed by atoms with E-state index in [9.17, 15) is 9.90 Å². The van der Waals surface area contributed by atoms with Crippen molar-refractivity contribution in [3.63, 3.8) is 0 Å². The second-order valence-electron chi connectivity index (χ2n) is 5.88. The SMILES string of the molecule is COc1ccc(C(=O)CN(C)CC2(O)CCCC2)cc1Cl. The molecular weight excluding hydrogens is 290 g/mol. The molecule has 0 saturated heterocycles. The van der Waals surface area contributed by atoms with E-state index < -0.39 is 5.60 Å². The summed E-state index contributed by atoms with van der Waals surface area (Å²) in [6.45, 7) is 0.799. The second-order valence-corrected chi connectivity index (χ2v) is 6.28. The lowest BCUT2D eigenvalue weighted by atomic mass is 10.0. The van der Waals surface area contributed by atoms with Gasteiger partial charge in [-0.25, -0.2) is 0 Å². The van der Waals surface area contributed by atoms with Gasteiger partial charge in [0.1, 0.15) is 5.75 Å². The highest BCUT2D eigenvalue weighted by Crippen LogP contribution is 2.30. The normalized spacial score (nSPS) is 17.2. The maximum absolute atomic E-state index is 12.3. The van der Waals surface area contributed by atoms with E-state index in [-0.39, 0.29) is 12.3 Å². The number of carbonyl (C=O) groups is 1. The molecule has 1 aromatic rings. The number of Topliss-reactive ketones (excluding diaryl/α,β-unsaturated/α-hetero) is 1. The van der Waals surface area contributed by atoms with E-state index in [1.807, 2.05) is 11.9 Å². The number of aliphatic hydroxyl groups is 1. The minimum Gasteiger partial charge on any atom is -0.495 e. The molecule has 5 heteroatoms. The number of hydrogen-bond donors (Lipinski definition) is 1. The summed E-state index contributed by atoms with van der Waals surface area (Å²) in [5.74, 6) is 0.547. The predicted molar refractivity (Wildman–Crippen MR) is 83.2 cm³/mol. The van der Waals surface area contributed by atoms with Crippen LogP contribution in [0, 0.1) is 0 Å². The Hall–Kier alpha value is -1.10. The Balaban J connectivity index is 1.95. The predicted octanol–water partition coefficient (Wildman–Crippen LogP) is 2.77. The van der Waals surface area contributed by atoms with Gasteiger partial charge in [0.15, 0.2) is 5.78 Å². The number of methoxy groups -OCH3 is 1. The largest absolute Gasteiger partial charge is 0.495 e. The Morgan fingerprint density at radius 3 is 2.67 bits per heavy atom. The van der Waals surface area contributed by atoms with Gasteiger partial charge in [-0.1, -0.05) is 24.4 Å². The number of carbonyl (C=O) groups excluding carboxylic acids is 1. The lowest BCUT2D eigenvalue weighted by Gasteiger charge is -2.28. The smallest absolute Gasteiger partial charge is 0.176 e. The van der Waals surface area contributed by atoms with Gasteiger partial charge in [-0.3, -0.25) is 9.69 Å². The van der Waals surface area contributed by atoms with Crippen LogP contribution in [0.25, 0.3) is 0 Å². The van der Waals surface area contributed by atoms with Crippen LogP contribution >= 0.6 is 11.6 Å². The summed E-state index contributed by atoms with van der Waals surface area (Å²) in [6.07, 6.45) is 3.76. The zero-order valence-electron chi connectivity index (χ0n) is 12.6. The van der Waals surface area contributed by atoms with Crippen molar-refractivity contribution in [1.29, 1.82) is 0 Å². The molecule has 0 bridgehead atoms. The van der Waals surface area contributed by atoms with Crippen LogP contribution in [0.15, 0.2) is 18.2 Å². The van der Waals surface area contributed by atoms with E-state index in [2.05, 4.69) is 0 Å². The van der Waals surface area contributed by atoms with Crippen LogP contribution in [0.3, 0.4) is 0 Å². The molecule has 0 atom stereocenters. The van der Waals surface area contributed by atoms with Crippen LogP contribution < -0.4 is 4.74 Å². The van der Waals surface area contributed by atoms with Crippen LogP contribution in [0.2, 0.25) is 5.02 Å². The fourth-order valence-electron chi connectivity index (χ4n) is 2.93. The van der Waals surface area contributed by atoms with Crippen molar-refractivity contribution in [2.24, 2.45) is 0 Å². The highest BCUT2D eigenvalue weighted by Gasteiger charge is 2.32. The molecule has 0 amide bonds. The van der Waals surface area contributed by atoms with E-state index in [0.717, 1.165) is 25.7 Å². The maximum atomic E-state index is 12.3. The Labute approximate surface area is 130 Å². The van der Waals surface area contributed by atoms with Gasteiger partial charge in [-0.05, 0) is 38.1 Å². The van der Waals surface area contributed by atoms with Crippen molar-refractivity contribution in [3.8, 4) is 5.75 Å². The zero-order chi connectivity index (χ0) is 15.5. The van der Waals surface area contributed by atoms with Gasteiger partial charge in [-0.15, -0.1) is 0 Å². The Kier molecular flexibility index (Phi) is 5.25. The van der Waals surface area contributed by atoms with E-state index in [1.54, 1.807) is 25.3 Å². The number of nitrogens with zero attached hydrogens (tertiary/aromatic N) is 1. The van der Waals surface area contributed by atoms with Gasteiger partial charge in [0.25, 0.3) is 0 Å². The zero-order valence-corrected chi connectivity index (χ0v) is 13.3. The van der Waals surface area contributed by atoms with Gasteiger partial charge in [-0.2, -0.15) is 0 Å². The van der Waals surface area contributed by atoms with Crippen molar-refractivity contribution in [2.75, 3.05) is 27.2 Å². The highest BCUT2D eigenvalue weighted by molar-refractivity contribution is 6.32. The molecule has 0 heterocycles. The van der Waals surface area contributed by atoms with Gasteiger partial charge in [0.05, 0.1) is 24.3 Å². The number of benzene rings is 1. The molecule has 1 saturated carbocycles. The van der Waals surface area contributed by atoms with E-state index in [4.69, 9.17) is 16.3 Å². The molecule has 116 valence electrons. The fourth-order valence-corrected chi connectivity index (χ4v) is 3.18. The summed E-state index contributed by atoms with van der Waals surface area (Å²) < 4.78 is 5.08. The van der Waals surface area contributed by atoms with Gasteiger partial charge in [0, 0.05) is 12.1 Å². The molecule has 1 aromatic carbocycles. The van der Waals surface area contributed by atoms with Crippen LogP contribution in [0.1, 0.15) is 36.0 Å². The summed E-state index contributed by atoms with van der Waals surface area (Å²) in [5, 5.41) is 10.8. The number of ether oxygens (including phenoxy) is 1. The molecule has 2 rings (SSSR count). The highest BCUT2D eigenvalue weighted by atomic mass is 35.5. The Morgan fingerprint density at radius 2 is 2.10 bits per heavy atom. The number of halogens is 1. The van der Waals surface area contributed by atoms with Crippen molar-refractivity contribution < 1.29 is 14.6 Å². The number of ketones is 1. The molecule has 1 fully saturated rings. The molecule has 0 aliphatic heterocycles. The van der Waals surface area contributed by atoms with E-state index >= 15 is 0 Å². The molecule has 0 spiro atoms. The average molecular weight is 312 g/mol. The van der Waals surface area contributed by atoms with Crippen LogP contribution in [-0.2, 0) is 0 Å². The van der Waals surface area contributed by atoms with E-state index in [1.165, 1.54) is 0 Å². The average Bonchev–Trinajstić information content (AvgIpc) is 2.84. The molecule has 0 radical (unpaired) electrons. The van der Waals surface area contributed by atoms with Gasteiger partial charge >= 0.3 is 0 Å². The first-order valence-corrected chi connectivity index (χ1v) is 7.59. The standard InChI is InChI=1S/C16H22ClNO3/c1-18(11-16(20)7-3-4-8-16)10-14(19)12-5-6-15(21-2)13(17)9-12/h5-6,9,20H,3-4,7-8,10-11H2,1-2H3. The summed E-state index contributed by atoms with van der Waals surface area (Å²) in [6, 6.07) is 5.03. The lowest BCUT2D eigenvalue weighted by molar-refractivity contribution is 0.0172. The minimum atomic E-state index is -0.632. The van der Waals surface area contributed by atoms with Gasteiger partial charge < -0.3 is 9.84 Å². The minimum absolute atomic E-state index is 0.0105. The molecule has 4 nitrogen and oxygen atoms in total. The van der Waals surface area contributed by atoms with E-state index in [0.29, 0.717) is 22.9 Å². The molecule has 21 heavy (non-hydrogen) atoms. The Morgan fingerprint density at radius 1 is 1.43 bits per heavy atom.